The number of nitrogen functional groups attached to an aromatic ring is 1. The molecule has 1 unspecified atom stereocenters. The van der Waals surface area contributed by atoms with E-state index < -0.39 is 0 Å². The molecule has 4 rings (SSSR count). The van der Waals surface area contributed by atoms with Crippen molar-refractivity contribution in [3.05, 3.63) is 91.0 Å². The molecule has 0 saturated carbocycles. The van der Waals surface area contributed by atoms with Gasteiger partial charge in [-0.3, -0.25) is 0 Å². The number of rotatable bonds is 7. The molecular weight excluding hydrogens is 350 g/mol. The lowest BCUT2D eigenvalue weighted by Gasteiger charge is -2.18. The number of hydrogen-bond donors (Lipinski definition) is 1. The summed E-state index contributed by atoms with van der Waals surface area (Å²) < 4.78 is 2.16. The lowest BCUT2D eigenvalue weighted by molar-refractivity contribution is 0.625. The maximum atomic E-state index is 5.83. The molecule has 0 spiro atoms. The predicted molar refractivity (Wildman–Crippen MR) is 115 cm³/mol. The Morgan fingerprint density at radius 3 is 2.59 bits per heavy atom. The first-order valence-electron chi connectivity index (χ1n) is 9.22. The van der Waals surface area contributed by atoms with Crippen LogP contribution in [-0.2, 0) is 13.0 Å². The van der Waals surface area contributed by atoms with Crippen LogP contribution in [-0.4, -0.2) is 14.8 Å². The fraction of sp³-hybridized carbons (Fsp3) is 0.174. The van der Waals surface area contributed by atoms with Crippen molar-refractivity contribution in [3.8, 4) is 0 Å². The number of thioether (sulfide) groups is 1. The first kappa shape index (κ1) is 17.7. The van der Waals surface area contributed by atoms with Crippen LogP contribution in [0.4, 0.5) is 5.69 Å². The zero-order valence-corrected chi connectivity index (χ0v) is 16.0. The summed E-state index contributed by atoms with van der Waals surface area (Å²) in [6, 6.07) is 23.4. The number of anilines is 1. The lowest BCUT2D eigenvalue weighted by atomic mass is 10.00. The van der Waals surface area contributed by atoms with E-state index in [0.29, 0.717) is 5.25 Å². The average Bonchev–Trinajstić information content (AvgIpc) is 3.21. The van der Waals surface area contributed by atoms with E-state index >= 15 is 0 Å². The summed E-state index contributed by atoms with van der Waals surface area (Å²) in [6.45, 7) is 0.944. The van der Waals surface area contributed by atoms with E-state index in [4.69, 9.17) is 5.73 Å². The minimum absolute atomic E-state index is 0.460. The van der Waals surface area contributed by atoms with Gasteiger partial charge in [0.2, 0.25) is 0 Å². The van der Waals surface area contributed by atoms with E-state index in [0.717, 1.165) is 25.1 Å². The SMILES string of the molecule is Nc1ccc(SC(CCc2cccc3ccccc23)Cn2ccnc2)cc1. The Labute approximate surface area is 164 Å². The number of nitrogens with zero attached hydrogens (tertiary/aromatic N) is 2. The molecule has 27 heavy (non-hydrogen) atoms. The van der Waals surface area contributed by atoms with Crippen LogP contribution in [0.5, 0.6) is 0 Å². The molecule has 1 atom stereocenters. The molecule has 4 aromatic rings. The smallest absolute Gasteiger partial charge is 0.0946 e. The molecule has 136 valence electrons. The highest BCUT2D eigenvalue weighted by Gasteiger charge is 2.13. The van der Waals surface area contributed by atoms with E-state index in [-0.39, 0.29) is 0 Å². The van der Waals surface area contributed by atoms with Crippen molar-refractivity contribution in [1.82, 2.24) is 9.55 Å². The highest BCUT2D eigenvalue weighted by atomic mass is 32.2. The van der Waals surface area contributed by atoms with E-state index in [2.05, 4.69) is 64.1 Å². The third-order valence-corrected chi connectivity index (χ3v) is 6.03. The Morgan fingerprint density at radius 1 is 0.963 bits per heavy atom. The Balaban J connectivity index is 1.52. The molecule has 0 amide bonds. The molecule has 0 bridgehead atoms. The molecular formula is C23H23N3S. The van der Waals surface area contributed by atoms with Gasteiger partial charge >= 0.3 is 0 Å². The summed E-state index contributed by atoms with van der Waals surface area (Å²) in [7, 11) is 0. The fourth-order valence-electron chi connectivity index (χ4n) is 3.38. The van der Waals surface area contributed by atoms with Crippen molar-refractivity contribution in [2.45, 2.75) is 29.5 Å². The monoisotopic (exact) mass is 373 g/mol. The van der Waals surface area contributed by atoms with Crippen molar-refractivity contribution < 1.29 is 0 Å². The molecule has 3 nitrogen and oxygen atoms in total. The number of fused-ring (bicyclic) bond motifs is 1. The van der Waals surface area contributed by atoms with Gasteiger partial charge in [0.1, 0.15) is 0 Å². The Morgan fingerprint density at radius 2 is 1.78 bits per heavy atom. The van der Waals surface area contributed by atoms with Crippen molar-refractivity contribution in [1.29, 1.82) is 0 Å². The largest absolute Gasteiger partial charge is 0.399 e. The van der Waals surface area contributed by atoms with Crippen LogP contribution in [0.15, 0.2) is 90.3 Å². The standard InChI is InChI=1S/C23H23N3S/c24-20-9-12-21(13-10-20)27-22(16-26-15-14-25-17-26)11-8-19-6-3-5-18-4-1-2-7-23(18)19/h1-7,9-10,12-15,17,22H,8,11,16,24H2. The molecule has 4 heteroatoms. The highest BCUT2D eigenvalue weighted by Crippen LogP contribution is 2.29. The van der Waals surface area contributed by atoms with Crippen molar-refractivity contribution in [2.75, 3.05) is 5.73 Å². The van der Waals surface area contributed by atoms with Crippen LogP contribution in [0, 0.1) is 0 Å². The first-order chi connectivity index (χ1) is 13.3. The van der Waals surface area contributed by atoms with Crippen LogP contribution >= 0.6 is 11.8 Å². The van der Waals surface area contributed by atoms with E-state index in [9.17, 15) is 0 Å². The maximum Gasteiger partial charge on any atom is 0.0946 e. The number of aryl methyl sites for hydroxylation is 1. The predicted octanol–water partition coefficient (Wildman–Crippen LogP) is 5.41. The summed E-state index contributed by atoms with van der Waals surface area (Å²) in [5, 5.41) is 3.13. The van der Waals surface area contributed by atoms with Gasteiger partial charge in [0.25, 0.3) is 0 Å². The molecule has 2 N–H and O–H groups in total. The van der Waals surface area contributed by atoms with Crippen LogP contribution < -0.4 is 5.73 Å². The molecule has 1 heterocycles. The van der Waals surface area contributed by atoms with Gasteiger partial charge in [0.15, 0.2) is 0 Å². The van der Waals surface area contributed by atoms with E-state index in [1.807, 2.05) is 42.6 Å². The van der Waals surface area contributed by atoms with Crippen molar-refractivity contribution in [3.63, 3.8) is 0 Å². The number of nitrogens with two attached hydrogens (primary N) is 1. The summed E-state index contributed by atoms with van der Waals surface area (Å²) in [5.74, 6) is 0. The van der Waals surface area contributed by atoms with Gasteiger partial charge < -0.3 is 10.3 Å². The molecule has 0 aliphatic carbocycles. The zero-order valence-electron chi connectivity index (χ0n) is 15.2. The molecule has 0 radical (unpaired) electrons. The van der Waals surface area contributed by atoms with Gasteiger partial charge in [0.05, 0.1) is 6.33 Å². The van der Waals surface area contributed by atoms with E-state index in [1.54, 1.807) is 0 Å². The second kappa shape index (κ2) is 8.31. The van der Waals surface area contributed by atoms with Gasteiger partial charge in [-0.15, -0.1) is 11.8 Å². The summed E-state index contributed by atoms with van der Waals surface area (Å²) in [5.41, 5.74) is 8.06. The molecule has 1 aromatic heterocycles. The lowest BCUT2D eigenvalue weighted by Crippen LogP contribution is -2.13. The van der Waals surface area contributed by atoms with Crippen molar-refractivity contribution >= 4 is 28.2 Å². The summed E-state index contributed by atoms with van der Waals surface area (Å²) >= 11 is 1.92. The van der Waals surface area contributed by atoms with Crippen LogP contribution in [0.1, 0.15) is 12.0 Å². The molecule has 0 aliphatic heterocycles. The summed E-state index contributed by atoms with van der Waals surface area (Å²) in [4.78, 5) is 5.45. The van der Waals surface area contributed by atoms with Crippen LogP contribution in [0.2, 0.25) is 0 Å². The number of benzene rings is 3. The third kappa shape index (κ3) is 4.52. The van der Waals surface area contributed by atoms with E-state index in [1.165, 1.54) is 21.2 Å². The van der Waals surface area contributed by atoms with Crippen molar-refractivity contribution in [2.24, 2.45) is 0 Å². The number of aromatic nitrogens is 2. The first-order valence-corrected chi connectivity index (χ1v) is 10.1. The van der Waals surface area contributed by atoms with Gasteiger partial charge in [-0.25, -0.2) is 4.98 Å². The van der Waals surface area contributed by atoms with Crippen LogP contribution in [0.3, 0.4) is 0 Å². The Bertz CT molecular complexity index is 989. The maximum absolute atomic E-state index is 5.83. The Kier molecular flexibility index (Phi) is 5.45. The second-order valence-corrected chi connectivity index (χ2v) is 8.12. The number of hydrogen-bond acceptors (Lipinski definition) is 3. The fourth-order valence-corrected chi connectivity index (χ4v) is 4.54. The average molecular weight is 374 g/mol. The van der Waals surface area contributed by atoms with Gasteiger partial charge in [-0.05, 0) is 53.4 Å². The zero-order chi connectivity index (χ0) is 18.5. The topological polar surface area (TPSA) is 43.8 Å². The molecule has 3 aromatic carbocycles. The van der Waals surface area contributed by atoms with Gasteiger partial charge in [-0.1, -0.05) is 42.5 Å². The molecule has 0 aliphatic rings. The molecule has 0 fully saturated rings. The third-order valence-electron chi connectivity index (χ3n) is 4.77. The molecule has 0 saturated heterocycles. The number of imidazole rings is 1. The minimum atomic E-state index is 0.460. The van der Waals surface area contributed by atoms with Gasteiger partial charge in [0, 0.05) is 34.8 Å². The normalized spacial score (nSPS) is 12.3. The van der Waals surface area contributed by atoms with Gasteiger partial charge in [-0.2, -0.15) is 0 Å². The highest BCUT2D eigenvalue weighted by molar-refractivity contribution is 8.00. The summed E-state index contributed by atoms with van der Waals surface area (Å²) in [6.07, 6.45) is 7.93. The Hall–Kier alpha value is -2.72. The quantitative estimate of drug-likeness (QED) is 0.348. The second-order valence-electron chi connectivity index (χ2n) is 6.75. The minimum Gasteiger partial charge on any atom is -0.399 e. The van der Waals surface area contributed by atoms with Crippen LogP contribution in [0.25, 0.3) is 10.8 Å².